The van der Waals surface area contributed by atoms with E-state index < -0.39 is 23.7 Å². The summed E-state index contributed by atoms with van der Waals surface area (Å²) in [6.07, 6.45) is 1.26. The Bertz CT molecular complexity index is 879. The minimum atomic E-state index is -0.654. The second-order valence-corrected chi connectivity index (χ2v) is 7.11. The van der Waals surface area contributed by atoms with Gasteiger partial charge < -0.3 is 20.0 Å². The first kappa shape index (κ1) is 20.4. The molecule has 2 aromatic rings. The molecule has 1 heterocycles. The van der Waals surface area contributed by atoms with Gasteiger partial charge in [-0.05, 0) is 55.0 Å². The van der Waals surface area contributed by atoms with Gasteiger partial charge in [-0.15, -0.1) is 0 Å². The van der Waals surface area contributed by atoms with Gasteiger partial charge in [-0.3, -0.25) is 0 Å². The molecule has 1 atom stereocenters. The van der Waals surface area contributed by atoms with E-state index in [-0.39, 0.29) is 17.4 Å². The molecule has 1 aliphatic heterocycles. The topological polar surface area (TPSA) is 99.1 Å². The van der Waals surface area contributed by atoms with Crippen molar-refractivity contribution in [1.29, 1.82) is 0 Å². The first-order chi connectivity index (χ1) is 13.8. The van der Waals surface area contributed by atoms with Crippen LogP contribution in [0.15, 0.2) is 42.5 Å². The summed E-state index contributed by atoms with van der Waals surface area (Å²) >= 11 is 0. The Kier molecular flexibility index (Phi) is 6.21. The quantitative estimate of drug-likeness (QED) is 0.684. The number of hydrogen-bond donors (Lipinski definition) is 3. The van der Waals surface area contributed by atoms with E-state index in [1.54, 1.807) is 13.0 Å². The molecule has 1 saturated heterocycles. The van der Waals surface area contributed by atoms with Crippen LogP contribution in [0.25, 0.3) is 0 Å². The number of phenolic OH excluding ortho intramolecular Hbond substituents is 2. The van der Waals surface area contributed by atoms with Crippen molar-refractivity contribution in [2.24, 2.45) is 0 Å². The lowest BCUT2D eigenvalue weighted by atomic mass is 9.89. The molecule has 3 rings (SSSR count). The van der Waals surface area contributed by atoms with Gasteiger partial charge in [0.2, 0.25) is 0 Å². The number of amides is 2. The van der Waals surface area contributed by atoms with Crippen LogP contribution in [-0.4, -0.2) is 40.2 Å². The Morgan fingerprint density at radius 2 is 1.79 bits per heavy atom. The van der Waals surface area contributed by atoms with Gasteiger partial charge in [0.05, 0.1) is 5.92 Å². The van der Waals surface area contributed by atoms with Gasteiger partial charge in [0.25, 0.3) is 0 Å². The highest BCUT2D eigenvalue weighted by atomic mass is 19.1. The molecule has 0 radical (unpaired) electrons. The van der Waals surface area contributed by atoms with Gasteiger partial charge in [-0.1, -0.05) is 18.2 Å². The number of rotatable bonds is 3. The van der Waals surface area contributed by atoms with Gasteiger partial charge in [0.15, 0.2) is 0 Å². The number of carbonyl (C=O) groups is 2. The van der Waals surface area contributed by atoms with E-state index in [9.17, 15) is 24.2 Å². The molecule has 0 aromatic heterocycles. The highest BCUT2D eigenvalue weighted by molar-refractivity contribution is 5.80. The molecule has 154 valence electrons. The average Bonchev–Trinajstić information content (AvgIpc) is 2.72. The molecule has 1 fully saturated rings. The first-order valence-corrected chi connectivity index (χ1v) is 9.38. The van der Waals surface area contributed by atoms with Crippen molar-refractivity contribution in [1.82, 2.24) is 10.4 Å². The lowest BCUT2D eigenvalue weighted by Gasteiger charge is -2.32. The van der Waals surface area contributed by atoms with E-state index in [0.717, 1.165) is 5.56 Å². The summed E-state index contributed by atoms with van der Waals surface area (Å²) in [4.78, 5) is 30.8. The summed E-state index contributed by atoms with van der Waals surface area (Å²) in [5, 5.41) is 19.4. The number of carbonyl (C=O) groups excluding carboxylic acids is 2. The number of urea groups is 1. The average molecular weight is 402 g/mol. The van der Waals surface area contributed by atoms with Crippen molar-refractivity contribution in [3.05, 3.63) is 59.4 Å². The van der Waals surface area contributed by atoms with Crippen LogP contribution in [0.5, 0.6) is 11.5 Å². The maximum absolute atomic E-state index is 13.0. The second kappa shape index (κ2) is 8.81. The first-order valence-electron chi connectivity index (χ1n) is 9.38. The third-order valence-electron chi connectivity index (χ3n) is 5.20. The molecule has 2 amide bonds. The number of nitrogens with one attached hydrogen (secondary N) is 1. The summed E-state index contributed by atoms with van der Waals surface area (Å²) in [6, 6.07) is 9.49. The van der Waals surface area contributed by atoms with Crippen LogP contribution in [0.2, 0.25) is 0 Å². The van der Waals surface area contributed by atoms with Crippen LogP contribution in [0, 0.1) is 5.82 Å². The van der Waals surface area contributed by atoms with E-state index in [2.05, 4.69) is 5.48 Å². The number of hydroxylamine groups is 1. The zero-order valence-electron chi connectivity index (χ0n) is 16.0. The fourth-order valence-corrected chi connectivity index (χ4v) is 3.41. The Balaban J connectivity index is 1.48. The second-order valence-electron chi connectivity index (χ2n) is 7.11. The zero-order chi connectivity index (χ0) is 21.0. The number of halogens is 1. The molecule has 0 aliphatic carbocycles. The maximum atomic E-state index is 13.0. The van der Waals surface area contributed by atoms with Crippen molar-refractivity contribution < 1.29 is 29.0 Å². The van der Waals surface area contributed by atoms with Crippen molar-refractivity contribution in [2.45, 2.75) is 31.6 Å². The predicted molar refractivity (Wildman–Crippen MR) is 103 cm³/mol. The van der Waals surface area contributed by atoms with Gasteiger partial charge in [0.1, 0.15) is 17.3 Å². The van der Waals surface area contributed by atoms with Crippen LogP contribution in [-0.2, 0) is 9.63 Å². The molecule has 0 spiro atoms. The predicted octanol–water partition coefficient (Wildman–Crippen LogP) is 3.39. The monoisotopic (exact) mass is 402 g/mol. The Morgan fingerprint density at radius 1 is 1.14 bits per heavy atom. The van der Waals surface area contributed by atoms with Crippen LogP contribution in [0.4, 0.5) is 9.18 Å². The molecule has 2 aromatic carbocycles. The number of benzene rings is 2. The van der Waals surface area contributed by atoms with E-state index in [0.29, 0.717) is 31.5 Å². The van der Waals surface area contributed by atoms with E-state index in [1.165, 1.54) is 41.3 Å². The lowest BCUT2D eigenvalue weighted by molar-refractivity contribution is -0.150. The Hall–Kier alpha value is -3.29. The van der Waals surface area contributed by atoms with Crippen LogP contribution in [0.3, 0.4) is 0 Å². The van der Waals surface area contributed by atoms with Gasteiger partial charge in [-0.2, -0.15) is 5.48 Å². The van der Waals surface area contributed by atoms with Crippen LogP contribution < -0.4 is 5.48 Å². The molecule has 1 unspecified atom stereocenters. The molecule has 29 heavy (non-hydrogen) atoms. The Morgan fingerprint density at radius 3 is 2.41 bits per heavy atom. The highest BCUT2D eigenvalue weighted by Gasteiger charge is 2.27. The summed E-state index contributed by atoms with van der Waals surface area (Å²) in [5.41, 5.74) is 3.49. The molecular weight excluding hydrogens is 379 g/mol. The number of hydrogen-bond acceptors (Lipinski definition) is 5. The SMILES string of the molecule is CC(C(=O)ONC(=O)N1CCC(c2ccc(O)cc2O)CC1)c1ccc(F)cc1. The summed E-state index contributed by atoms with van der Waals surface area (Å²) in [6.45, 7) is 2.47. The Labute approximate surface area is 167 Å². The van der Waals surface area contributed by atoms with Gasteiger partial charge in [-0.25, -0.2) is 14.0 Å². The van der Waals surface area contributed by atoms with Crippen molar-refractivity contribution in [3.63, 3.8) is 0 Å². The summed E-state index contributed by atoms with van der Waals surface area (Å²) in [5.74, 6) is -1.59. The normalized spacial score (nSPS) is 15.6. The van der Waals surface area contributed by atoms with Crippen molar-refractivity contribution >= 4 is 12.0 Å². The fraction of sp³-hybridized carbons (Fsp3) is 0.333. The highest BCUT2D eigenvalue weighted by Crippen LogP contribution is 2.35. The fourth-order valence-electron chi connectivity index (χ4n) is 3.41. The minimum Gasteiger partial charge on any atom is -0.508 e. The molecule has 3 N–H and O–H groups in total. The smallest absolute Gasteiger partial charge is 0.350 e. The third kappa shape index (κ3) is 4.96. The van der Waals surface area contributed by atoms with Crippen molar-refractivity contribution in [2.75, 3.05) is 13.1 Å². The van der Waals surface area contributed by atoms with E-state index in [4.69, 9.17) is 4.84 Å². The number of piperidine rings is 1. The maximum Gasteiger partial charge on any atom is 0.350 e. The summed E-state index contributed by atoms with van der Waals surface area (Å²) < 4.78 is 13.0. The minimum absolute atomic E-state index is 0.000236. The van der Waals surface area contributed by atoms with E-state index >= 15 is 0 Å². The standard InChI is InChI=1S/C21H23FN2O5/c1-13(14-2-4-16(22)5-3-14)20(27)29-23-21(28)24-10-8-15(9-11-24)18-7-6-17(25)12-19(18)26/h2-7,12-13,15,25-26H,8-11H2,1H3,(H,23,28). The van der Waals surface area contributed by atoms with Crippen molar-refractivity contribution in [3.8, 4) is 11.5 Å². The molecule has 1 aliphatic rings. The third-order valence-corrected chi connectivity index (χ3v) is 5.20. The molecule has 8 heteroatoms. The number of phenols is 2. The van der Waals surface area contributed by atoms with Crippen LogP contribution in [0.1, 0.15) is 42.7 Å². The number of nitrogens with zero attached hydrogens (tertiary/aromatic N) is 1. The molecule has 0 saturated carbocycles. The van der Waals surface area contributed by atoms with E-state index in [1.807, 2.05) is 0 Å². The van der Waals surface area contributed by atoms with Gasteiger partial charge >= 0.3 is 12.0 Å². The largest absolute Gasteiger partial charge is 0.508 e. The van der Waals surface area contributed by atoms with Crippen LogP contribution >= 0.6 is 0 Å². The number of likely N-dealkylation sites (tertiary alicyclic amines) is 1. The molecular formula is C21H23FN2O5. The number of aromatic hydroxyl groups is 2. The summed E-state index contributed by atoms with van der Waals surface area (Å²) in [7, 11) is 0. The zero-order valence-corrected chi connectivity index (χ0v) is 16.0. The lowest BCUT2D eigenvalue weighted by Crippen LogP contribution is -2.45. The molecule has 0 bridgehead atoms. The van der Waals surface area contributed by atoms with Gasteiger partial charge in [0, 0.05) is 19.2 Å². The molecule has 7 nitrogen and oxygen atoms in total.